The zero-order chi connectivity index (χ0) is 19.4. The fourth-order valence-electron chi connectivity index (χ4n) is 3.70. The standard InChI is InChI=1S/C21H28N2O3S/c1-14-15(2)23(16-8-6-5-7-9-16)21(22-14)27-13-19(24)18-11-10-17(25-3)12-20(18)26-4/h10-12,16H,5-9,13H2,1-4H3. The van der Waals surface area contributed by atoms with Gasteiger partial charge in [0.25, 0.3) is 0 Å². The third kappa shape index (κ3) is 4.32. The van der Waals surface area contributed by atoms with Crippen LogP contribution in [0.1, 0.15) is 59.9 Å². The third-order valence-electron chi connectivity index (χ3n) is 5.34. The molecule has 0 radical (unpaired) electrons. The minimum absolute atomic E-state index is 0.0352. The summed E-state index contributed by atoms with van der Waals surface area (Å²) >= 11 is 1.52. The van der Waals surface area contributed by atoms with Gasteiger partial charge in [-0.15, -0.1) is 0 Å². The van der Waals surface area contributed by atoms with Gasteiger partial charge in [-0.1, -0.05) is 31.0 Å². The molecule has 0 unspecified atom stereocenters. The lowest BCUT2D eigenvalue weighted by molar-refractivity contribution is 0.101. The average Bonchev–Trinajstić information content (AvgIpc) is 2.99. The van der Waals surface area contributed by atoms with E-state index >= 15 is 0 Å². The largest absolute Gasteiger partial charge is 0.497 e. The van der Waals surface area contributed by atoms with Gasteiger partial charge in [0.2, 0.25) is 0 Å². The molecule has 1 heterocycles. The molecule has 1 aliphatic carbocycles. The minimum atomic E-state index is 0.0352. The number of rotatable bonds is 7. The summed E-state index contributed by atoms with van der Waals surface area (Å²) in [7, 11) is 3.17. The number of methoxy groups -OCH3 is 2. The van der Waals surface area contributed by atoms with Gasteiger partial charge >= 0.3 is 0 Å². The number of nitrogens with zero attached hydrogens (tertiary/aromatic N) is 2. The Hall–Kier alpha value is -1.95. The molecule has 0 saturated heterocycles. The summed E-state index contributed by atoms with van der Waals surface area (Å²) in [6.07, 6.45) is 6.26. The summed E-state index contributed by atoms with van der Waals surface area (Å²) in [6, 6.07) is 5.81. The average molecular weight is 389 g/mol. The summed E-state index contributed by atoms with van der Waals surface area (Å²) in [6.45, 7) is 4.18. The molecule has 0 bridgehead atoms. The second-order valence-electron chi connectivity index (χ2n) is 7.01. The van der Waals surface area contributed by atoms with E-state index < -0.39 is 0 Å². The second-order valence-corrected chi connectivity index (χ2v) is 7.95. The van der Waals surface area contributed by atoms with Crippen LogP contribution >= 0.6 is 11.8 Å². The maximum absolute atomic E-state index is 12.8. The van der Waals surface area contributed by atoms with Crippen LogP contribution in [0.3, 0.4) is 0 Å². The number of ketones is 1. The summed E-state index contributed by atoms with van der Waals surface area (Å²) in [5, 5.41) is 0.956. The van der Waals surface area contributed by atoms with Crippen molar-refractivity contribution in [3.05, 3.63) is 35.2 Å². The Balaban J connectivity index is 1.77. The second kappa shape index (κ2) is 8.83. The van der Waals surface area contributed by atoms with E-state index in [0.29, 0.717) is 28.9 Å². The summed E-state index contributed by atoms with van der Waals surface area (Å²) in [5.41, 5.74) is 2.85. The zero-order valence-corrected chi connectivity index (χ0v) is 17.4. The SMILES string of the molecule is COc1ccc(C(=O)CSc2nc(C)c(C)n2C2CCCCC2)c(OC)c1. The Morgan fingerprint density at radius 2 is 1.93 bits per heavy atom. The number of aryl methyl sites for hydroxylation is 1. The van der Waals surface area contributed by atoms with Gasteiger partial charge in [-0.3, -0.25) is 4.79 Å². The van der Waals surface area contributed by atoms with E-state index in [4.69, 9.17) is 14.5 Å². The molecule has 0 amide bonds. The van der Waals surface area contributed by atoms with Crippen LogP contribution in [-0.4, -0.2) is 35.3 Å². The number of aromatic nitrogens is 2. The first-order valence-corrected chi connectivity index (χ1v) is 10.5. The first kappa shape index (κ1) is 19.8. The smallest absolute Gasteiger partial charge is 0.176 e. The van der Waals surface area contributed by atoms with Gasteiger partial charge in [0.15, 0.2) is 10.9 Å². The lowest BCUT2D eigenvalue weighted by Crippen LogP contribution is -2.15. The lowest BCUT2D eigenvalue weighted by Gasteiger charge is -2.26. The van der Waals surface area contributed by atoms with Gasteiger partial charge in [0.1, 0.15) is 11.5 Å². The van der Waals surface area contributed by atoms with Gasteiger partial charge < -0.3 is 14.0 Å². The number of carbonyl (C=O) groups is 1. The van der Waals surface area contributed by atoms with E-state index in [2.05, 4.69) is 11.5 Å². The number of benzene rings is 1. The lowest BCUT2D eigenvalue weighted by atomic mass is 9.95. The predicted molar refractivity (Wildman–Crippen MR) is 108 cm³/mol. The molecule has 0 atom stereocenters. The number of hydrogen-bond donors (Lipinski definition) is 0. The monoisotopic (exact) mass is 388 g/mol. The van der Waals surface area contributed by atoms with Crippen LogP contribution in [-0.2, 0) is 0 Å². The van der Waals surface area contributed by atoms with Crippen LogP contribution in [0.4, 0.5) is 0 Å². The maximum Gasteiger partial charge on any atom is 0.176 e. The third-order valence-corrected chi connectivity index (χ3v) is 6.29. The van der Waals surface area contributed by atoms with Crippen molar-refractivity contribution in [3.63, 3.8) is 0 Å². The fraction of sp³-hybridized carbons (Fsp3) is 0.524. The quantitative estimate of drug-likeness (QED) is 0.494. The highest BCUT2D eigenvalue weighted by atomic mass is 32.2. The highest BCUT2D eigenvalue weighted by Crippen LogP contribution is 2.35. The fourth-order valence-corrected chi connectivity index (χ4v) is 4.75. The molecular formula is C21H28N2O3S. The molecule has 0 N–H and O–H groups in total. The minimum Gasteiger partial charge on any atom is -0.497 e. The van der Waals surface area contributed by atoms with Crippen molar-refractivity contribution in [2.45, 2.75) is 57.1 Å². The molecule has 1 aromatic carbocycles. The Bertz CT molecular complexity index is 810. The molecule has 1 aromatic heterocycles. The molecular weight excluding hydrogens is 360 g/mol. The van der Waals surface area contributed by atoms with E-state index in [0.717, 1.165) is 10.9 Å². The van der Waals surface area contributed by atoms with Crippen LogP contribution in [0, 0.1) is 13.8 Å². The first-order valence-electron chi connectivity index (χ1n) is 9.48. The Morgan fingerprint density at radius 3 is 2.59 bits per heavy atom. The first-order chi connectivity index (χ1) is 13.0. The van der Waals surface area contributed by atoms with Crippen molar-refractivity contribution in [1.29, 1.82) is 0 Å². The predicted octanol–water partition coefficient (Wildman–Crippen LogP) is 5.00. The topological polar surface area (TPSA) is 53.3 Å². The molecule has 6 heteroatoms. The number of thioether (sulfide) groups is 1. The molecule has 1 fully saturated rings. The Labute approximate surface area is 165 Å². The van der Waals surface area contributed by atoms with Gasteiger partial charge in [-0.05, 0) is 38.8 Å². The van der Waals surface area contributed by atoms with Crippen LogP contribution < -0.4 is 9.47 Å². The number of hydrogen-bond acceptors (Lipinski definition) is 5. The van der Waals surface area contributed by atoms with E-state index in [-0.39, 0.29) is 5.78 Å². The van der Waals surface area contributed by atoms with Crippen molar-refractivity contribution in [2.24, 2.45) is 0 Å². The van der Waals surface area contributed by atoms with Crippen LogP contribution in [0.5, 0.6) is 11.5 Å². The highest BCUT2D eigenvalue weighted by molar-refractivity contribution is 7.99. The van der Waals surface area contributed by atoms with Gasteiger partial charge in [-0.2, -0.15) is 0 Å². The molecule has 2 aromatic rings. The van der Waals surface area contributed by atoms with E-state index in [1.807, 2.05) is 6.92 Å². The number of carbonyl (C=O) groups excluding carboxylic acids is 1. The van der Waals surface area contributed by atoms with Crippen molar-refractivity contribution < 1.29 is 14.3 Å². The normalized spacial score (nSPS) is 15.0. The van der Waals surface area contributed by atoms with Crippen molar-refractivity contribution in [2.75, 3.05) is 20.0 Å². The Morgan fingerprint density at radius 1 is 1.19 bits per heavy atom. The van der Waals surface area contributed by atoms with Crippen molar-refractivity contribution in [1.82, 2.24) is 9.55 Å². The van der Waals surface area contributed by atoms with Crippen LogP contribution in [0.15, 0.2) is 23.4 Å². The Kier molecular flexibility index (Phi) is 6.47. The molecule has 3 rings (SSSR count). The number of ether oxygens (including phenoxy) is 2. The molecule has 1 aliphatic rings. The number of imidazole rings is 1. The molecule has 0 aliphatic heterocycles. The molecule has 27 heavy (non-hydrogen) atoms. The van der Waals surface area contributed by atoms with Crippen molar-refractivity contribution in [3.8, 4) is 11.5 Å². The zero-order valence-electron chi connectivity index (χ0n) is 16.6. The summed E-state index contributed by atoms with van der Waals surface area (Å²) < 4.78 is 12.9. The maximum atomic E-state index is 12.8. The van der Waals surface area contributed by atoms with E-state index in [1.54, 1.807) is 32.4 Å². The van der Waals surface area contributed by atoms with Gasteiger partial charge in [-0.25, -0.2) is 4.98 Å². The van der Waals surface area contributed by atoms with Gasteiger partial charge in [0, 0.05) is 17.8 Å². The molecule has 0 spiro atoms. The molecule has 5 nitrogen and oxygen atoms in total. The van der Waals surface area contributed by atoms with E-state index in [9.17, 15) is 4.79 Å². The summed E-state index contributed by atoms with van der Waals surface area (Å²) in [4.78, 5) is 17.5. The summed E-state index contributed by atoms with van der Waals surface area (Å²) in [5.74, 6) is 1.59. The van der Waals surface area contributed by atoms with Crippen LogP contribution in [0.25, 0.3) is 0 Å². The van der Waals surface area contributed by atoms with E-state index in [1.165, 1.54) is 49.6 Å². The van der Waals surface area contributed by atoms with Crippen LogP contribution in [0.2, 0.25) is 0 Å². The van der Waals surface area contributed by atoms with Crippen molar-refractivity contribution >= 4 is 17.5 Å². The highest BCUT2D eigenvalue weighted by Gasteiger charge is 2.23. The molecule has 1 saturated carbocycles. The molecule has 146 valence electrons. The van der Waals surface area contributed by atoms with Gasteiger partial charge in [0.05, 0.1) is 31.2 Å². The number of Topliss-reactive ketones (excluding diaryl/α,β-unsaturated/α-hetero) is 1.